The van der Waals surface area contributed by atoms with Crippen molar-refractivity contribution in [1.29, 1.82) is 0 Å². The molecule has 0 aliphatic heterocycles. The molecule has 0 spiro atoms. The van der Waals surface area contributed by atoms with Gasteiger partial charge in [-0.1, -0.05) is 324 Å². The molecule has 0 saturated carbocycles. The Balaban J connectivity index is -0.0000000378. The Morgan fingerprint density at radius 3 is 0.753 bits per heavy atom. The third kappa shape index (κ3) is 101. The Morgan fingerprint density at radius 2 is 0.527 bits per heavy atom. The maximum Gasteiger partial charge on any atom is 1.00 e. The summed E-state index contributed by atoms with van der Waals surface area (Å²) in [6.45, 7) is 61.5. The number of anilines is 5. The maximum atomic E-state index is 5.82. The summed E-state index contributed by atoms with van der Waals surface area (Å²) >= 11 is 0. The van der Waals surface area contributed by atoms with Gasteiger partial charge in [0.1, 0.15) is 34.1 Å². The summed E-state index contributed by atoms with van der Waals surface area (Å²) in [6.07, 6.45) is 7.92. The second-order valence-electron chi connectivity index (χ2n) is 19.3. The van der Waals surface area contributed by atoms with Crippen molar-refractivity contribution < 1.29 is 67.0 Å². The Bertz CT molecular complexity index is 2040. The van der Waals surface area contributed by atoms with Crippen molar-refractivity contribution >= 4 is 28.4 Å². The molecule has 0 bridgehead atoms. The van der Waals surface area contributed by atoms with E-state index in [0.717, 1.165) is 40.0 Å². The predicted molar refractivity (Wildman–Crippen MR) is 450 cm³/mol. The molecule has 7 heteroatoms. The smallest absolute Gasteiger partial charge is 1.00 e. The summed E-state index contributed by atoms with van der Waals surface area (Å²) in [6, 6.07) is 54.3. The summed E-state index contributed by atoms with van der Waals surface area (Å²) in [4.78, 5) is 2.15. The van der Waals surface area contributed by atoms with E-state index in [1.165, 1.54) is 49.8 Å². The molecule has 0 fully saturated rings. The summed E-state index contributed by atoms with van der Waals surface area (Å²) in [5.74, 6) is 2.65. The summed E-state index contributed by atoms with van der Waals surface area (Å²) < 4.78 is 17.2. The number of nitrogens with two attached hydrogens (primary N) is 1. The SMILES string of the molecule is C.C.C.C.C.C.C.C.C.C.CC.CC.CC.CC.CC.CC.CC.CC(C)(C)Oc1ccc(N)cc1.CC(C)(C)Oc1ccc(Nc2ccccc2)cc1.CCCC.CCCC.CCCC.CN(c1ccccc1)c1ccc(OC(C)(C)C)cc1.Cc1ccccc1.[H-].[K+]. The van der Waals surface area contributed by atoms with Crippen LogP contribution in [0.1, 0.15) is 321 Å². The van der Waals surface area contributed by atoms with E-state index in [1.54, 1.807) is 0 Å². The number of rotatable bonds is 10. The van der Waals surface area contributed by atoms with Gasteiger partial charge in [0.25, 0.3) is 0 Å². The van der Waals surface area contributed by atoms with E-state index in [2.05, 4.69) is 123 Å². The van der Waals surface area contributed by atoms with Crippen molar-refractivity contribution in [2.24, 2.45) is 0 Å². The zero-order valence-corrected chi connectivity index (χ0v) is 63.7. The molecule has 0 saturated heterocycles. The molecule has 0 heterocycles. The topological polar surface area (TPSA) is 69.0 Å². The first-order chi connectivity index (χ1) is 39.1. The van der Waals surface area contributed by atoms with Crippen LogP contribution >= 0.6 is 0 Å². The fraction of sp³-hybridized carbons (Fsp3) is 0.581. The van der Waals surface area contributed by atoms with Crippen LogP contribution in [0.5, 0.6) is 17.2 Å². The molecule has 93 heavy (non-hydrogen) atoms. The van der Waals surface area contributed by atoms with Gasteiger partial charge in [-0.2, -0.15) is 0 Å². The van der Waals surface area contributed by atoms with E-state index in [1.807, 2.05) is 266 Å². The minimum Gasteiger partial charge on any atom is -1.00 e. The number of nitrogen functional groups attached to an aromatic ring is 1. The average Bonchev–Trinajstić information content (AvgIpc) is 3.71. The van der Waals surface area contributed by atoms with Gasteiger partial charge in [-0.3, -0.25) is 0 Å². The zero-order valence-electron chi connectivity index (χ0n) is 61.6. The summed E-state index contributed by atoms with van der Waals surface area (Å²) in [5, 5.41) is 3.34. The van der Waals surface area contributed by atoms with Crippen molar-refractivity contribution in [3.8, 4) is 17.2 Å². The summed E-state index contributed by atoms with van der Waals surface area (Å²) in [7, 11) is 2.06. The molecular weight excluding hydrogens is 1160 g/mol. The van der Waals surface area contributed by atoms with Gasteiger partial charge in [-0.05, 0) is 166 Å². The molecule has 0 aliphatic rings. The van der Waals surface area contributed by atoms with Gasteiger partial charge in [-0.25, -0.2) is 0 Å². The van der Waals surface area contributed by atoms with Gasteiger partial charge >= 0.3 is 51.4 Å². The third-order valence-electron chi connectivity index (χ3n) is 8.88. The van der Waals surface area contributed by atoms with Gasteiger partial charge in [-0.15, -0.1) is 0 Å². The second kappa shape index (κ2) is 101. The molecule has 6 aromatic rings. The predicted octanol–water partition coefficient (Wildman–Crippen LogP) is 29.8. The van der Waals surface area contributed by atoms with E-state index in [9.17, 15) is 0 Å². The monoisotopic (exact) mass is 1340 g/mol. The number of hydrogen-bond acceptors (Lipinski definition) is 6. The molecule has 3 N–H and O–H groups in total. The molecule has 0 unspecified atom stereocenters. The van der Waals surface area contributed by atoms with E-state index >= 15 is 0 Å². The van der Waals surface area contributed by atoms with Gasteiger partial charge in [0, 0.05) is 35.5 Å². The van der Waals surface area contributed by atoms with Crippen LogP contribution in [0.15, 0.2) is 164 Å². The summed E-state index contributed by atoms with van der Waals surface area (Å²) in [5.41, 5.74) is 11.6. The molecule has 6 rings (SSSR count). The number of benzene rings is 6. The minimum absolute atomic E-state index is 0. The normalized spacial score (nSPS) is 7.95. The zero-order chi connectivity index (χ0) is 65.4. The Hall–Kier alpha value is -4.24. The number of ether oxygens (including phenoxy) is 3. The van der Waals surface area contributed by atoms with Crippen LogP contribution in [-0.4, -0.2) is 23.9 Å². The molecule has 0 amide bonds. The van der Waals surface area contributed by atoms with Gasteiger partial charge in [0.05, 0.1) is 0 Å². The Morgan fingerprint density at radius 1 is 0.323 bits per heavy atom. The van der Waals surface area contributed by atoms with E-state index in [0.29, 0.717) is 0 Å². The molecule has 0 aromatic heterocycles. The molecule has 6 aromatic carbocycles. The second-order valence-corrected chi connectivity index (χ2v) is 19.3. The van der Waals surface area contributed by atoms with Crippen LogP contribution in [0.2, 0.25) is 0 Å². The maximum absolute atomic E-state index is 5.82. The Labute approximate surface area is 636 Å². The molecule has 554 valence electrons. The van der Waals surface area contributed by atoms with E-state index < -0.39 is 0 Å². The van der Waals surface area contributed by atoms with Gasteiger partial charge in [0.15, 0.2) is 0 Å². The number of nitrogens with one attached hydrogen (secondary N) is 1. The first kappa shape index (κ1) is 140. The standard InChI is InChI=1S/C17H21NO.C16H19NO.C10H15NO.C7H8.3C4H10.7C2H6.10CH4.K.H/c1-17(2,3)19-16-12-10-15(11-13-16)18(4)14-8-6-5-7-9-14;1-16(2,3)18-15-11-9-14(10-12-15)17-13-7-5-4-6-8-13;1-10(2,3)12-9-6-4-8(11)5-7-9;1-7-5-3-2-4-6-7;3*1-3-4-2;7*1-2;;;;;;;;;;;;/h5-13H,1-4H3;4-12,17H,1-3H3;4-7H,11H2,1-3H3;2-6H,1H3;3*3-4H2,1-2H3;7*1-2H3;10*1H4;;/q;;;;;;;;;;;;;;;;;;;;;;;;+1;-1. The van der Waals surface area contributed by atoms with Crippen molar-refractivity contribution in [3.05, 3.63) is 169 Å². The van der Waals surface area contributed by atoms with Crippen LogP contribution in [0, 0.1) is 6.92 Å². The number of hydrogen-bond donors (Lipinski definition) is 2. The minimum atomic E-state index is -0.160. The number of aryl methyl sites for hydroxylation is 1. The van der Waals surface area contributed by atoms with E-state index in [-0.39, 0.29) is 144 Å². The largest absolute Gasteiger partial charge is 1.00 e. The number of unbranched alkanes of at least 4 members (excludes halogenated alkanes) is 3. The fourth-order valence-corrected chi connectivity index (χ4v) is 4.96. The van der Waals surface area contributed by atoms with Crippen LogP contribution in [0.4, 0.5) is 28.4 Å². The van der Waals surface area contributed by atoms with Crippen molar-refractivity contribution in [2.75, 3.05) is 23.0 Å². The van der Waals surface area contributed by atoms with Crippen LogP contribution < -0.4 is 81.5 Å². The number of para-hydroxylation sites is 2. The van der Waals surface area contributed by atoms with Crippen molar-refractivity contribution in [2.45, 2.75) is 337 Å². The quantitative estimate of drug-likeness (QED) is 0.105. The first-order valence-corrected chi connectivity index (χ1v) is 31.8. The van der Waals surface area contributed by atoms with Crippen LogP contribution in [0.3, 0.4) is 0 Å². The Kier molecular flexibility index (Phi) is 153. The van der Waals surface area contributed by atoms with Gasteiger partial charge in [0.2, 0.25) is 0 Å². The molecule has 0 radical (unpaired) electrons. The van der Waals surface area contributed by atoms with Crippen molar-refractivity contribution in [3.63, 3.8) is 0 Å². The molecular formula is C86H176KN3O3. The van der Waals surface area contributed by atoms with Crippen LogP contribution in [0.25, 0.3) is 0 Å². The molecule has 6 nitrogen and oxygen atoms in total. The third-order valence-corrected chi connectivity index (χ3v) is 8.88. The van der Waals surface area contributed by atoms with Crippen LogP contribution in [-0.2, 0) is 0 Å². The average molecular weight is 1340 g/mol. The van der Waals surface area contributed by atoms with Crippen molar-refractivity contribution in [1.82, 2.24) is 0 Å². The van der Waals surface area contributed by atoms with Gasteiger partial charge < -0.3 is 31.6 Å². The fourth-order valence-electron chi connectivity index (χ4n) is 4.96. The molecule has 0 atom stereocenters. The number of nitrogens with zero attached hydrogens (tertiary/aromatic N) is 1. The van der Waals surface area contributed by atoms with E-state index in [4.69, 9.17) is 19.9 Å². The first-order valence-electron chi connectivity index (χ1n) is 31.8. The molecule has 0 aliphatic carbocycles.